The number of hydrogen-bond donors (Lipinski definition) is 1. The van der Waals surface area contributed by atoms with E-state index in [2.05, 4.69) is 10.3 Å². The van der Waals surface area contributed by atoms with Crippen molar-refractivity contribution < 1.29 is 9.18 Å². The quantitative estimate of drug-likeness (QED) is 0.581. The third-order valence-electron chi connectivity index (χ3n) is 4.28. The fourth-order valence-corrected chi connectivity index (χ4v) is 3.78. The van der Waals surface area contributed by atoms with Gasteiger partial charge in [0, 0.05) is 22.6 Å². The number of thioether (sulfide) groups is 1. The van der Waals surface area contributed by atoms with Crippen LogP contribution in [0.3, 0.4) is 0 Å². The molecule has 1 amide bonds. The Labute approximate surface area is 170 Å². The van der Waals surface area contributed by atoms with Gasteiger partial charge in [-0.15, -0.1) is 0 Å². The highest BCUT2D eigenvalue weighted by atomic mass is 35.5. The van der Waals surface area contributed by atoms with Crippen molar-refractivity contribution in [2.45, 2.75) is 6.92 Å². The van der Waals surface area contributed by atoms with E-state index in [0.717, 1.165) is 16.9 Å². The SMILES string of the molecule is Cc1c(Cl)cccc1N=C1NC(=O)/C(=C\c2cccn2-c2ccc(F)cc2)S1. The fraction of sp³-hybridized carbons (Fsp3) is 0.0476. The topological polar surface area (TPSA) is 46.4 Å². The average Bonchev–Trinajstić information content (AvgIpc) is 3.27. The van der Waals surface area contributed by atoms with Crippen LogP contribution >= 0.6 is 23.4 Å². The highest BCUT2D eigenvalue weighted by Crippen LogP contribution is 2.31. The predicted molar refractivity (Wildman–Crippen MR) is 113 cm³/mol. The zero-order chi connectivity index (χ0) is 19.7. The molecule has 140 valence electrons. The first kappa shape index (κ1) is 18.5. The number of amides is 1. The summed E-state index contributed by atoms with van der Waals surface area (Å²) in [6, 6.07) is 15.4. The van der Waals surface area contributed by atoms with E-state index in [1.807, 2.05) is 42.0 Å². The Hall–Kier alpha value is -2.83. The number of aliphatic imine (C=N–C) groups is 1. The first-order valence-electron chi connectivity index (χ1n) is 8.49. The predicted octanol–water partition coefficient (Wildman–Crippen LogP) is 5.47. The van der Waals surface area contributed by atoms with E-state index in [-0.39, 0.29) is 11.7 Å². The highest BCUT2D eigenvalue weighted by molar-refractivity contribution is 8.18. The van der Waals surface area contributed by atoms with Gasteiger partial charge in [0.05, 0.1) is 10.6 Å². The van der Waals surface area contributed by atoms with Crippen molar-refractivity contribution in [2.75, 3.05) is 0 Å². The Morgan fingerprint density at radius 1 is 1.14 bits per heavy atom. The Bertz CT molecular complexity index is 1120. The van der Waals surface area contributed by atoms with Crippen molar-refractivity contribution in [3.05, 3.63) is 87.8 Å². The van der Waals surface area contributed by atoms with Gasteiger partial charge in [-0.1, -0.05) is 17.7 Å². The first-order valence-corrected chi connectivity index (χ1v) is 9.69. The van der Waals surface area contributed by atoms with E-state index < -0.39 is 0 Å². The maximum atomic E-state index is 13.2. The van der Waals surface area contributed by atoms with Gasteiger partial charge in [-0.2, -0.15) is 0 Å². The van der Waals surface area contributed by atoms with Crippen LogP contribution in [0, 0.1) is 12.7 Å². The van der Waals surface area contributed by atoms with Crippen LogP contribution in [0.25, 0.3) is 11.8 Å². The summed E-state index contributed by atoms with van der Waals surface area (Å²) < 4.78 is 15.1. The van der Waals surface area contributed by atoms with E-state index in [1.165, 1.54) is 23.9 Å². The summed E-state index contributed by atoms with van der Waals surface area (Å²) in [5.41, 5.74) is 3.19. The van der Waals surface area contributed by atoms with Gasteiger partial charge in [-0.05, 0) is 78.9 Å². The van der Waals surface area contributed by atoms with Crippen LogP contribution in [-0.4, -0.2) is 15.6 Å². The average molecular weight is 412 g/mol. The summed E-state index contributed by atoms with van der Waals surface area (Å²) >= 11 is 7.40. The summed E-state index contributed by atoms with van der Waals surface area (Å²) in [6.07, 6.45) is 3.65. The molecule has 0 atom stereocenters. The van der Waals surface area contributed by atoms with Crippen LogP contribution in [-0.2, 0) is 4.79 Å². The molecule has 4 rings (SSSR count). The van der Waals surface area contributed by atoms with Crippen molar-refractivity contribution in [3.8, 4) is 5.69 Å². The molecule has 1 N–H and O–H groups in total. The van der Waals surface area contributed by atoms with E-state index in [0.29, 0.717) is 20.8 Å². The van der Waals surface area contributed by atoms with Gasteiger partial charge in [0.15, 0.2) is 5.17 Å². The number of nitrogens with zero attached hydrogens (tertiary/aromatic N) is 2. The largest absolute Gasteiger partial charge is 0.317 e. The molecule has 28 heavy (non-hydrogen) atoms. The van der Waals surface area contributed by atoms with E-state index in [4.69, 9.17) is 11.6 Å². The maximum absolute atomic E-state index is 13.2. The Balaban J connectivity index is 1.63. The van der Waals surface area contributed by atoms with E-state index >= 15 is 0 Å². The molecular weight excluding hydrogens is 397 g/mol. The molecule has 1 aliphatic heterocycles. The second kappa shape index (κ2) is 7.66. The number of carbonyl (C=O) groups is 1. The van der Waals surface area contributed by atoms with E-state index in [9.17, 15) is 9.18 Å². The third-order valence-corrected chi connectivity index (χ3v) is 5.60. The van der Waals surface area contributed by atoms with Gasteiger partial charge in [0.2, 0.25) is 0 Å². The lowest BCUT2D eigenvalue weighted by Gasteiger charge is -2.06. The second-order valence-corrected chi connectivity index (χ2v) is 7.58. The normalized spacial score (nSPS) is 16.8. The monoisotopic (exact) mass is 411 g/mol. The molecule has 4 nitrogen and oxygen atoms in total. The third kappa shape index (κ3) is 3.74. The molecule has 2 aromatic carbocycles. The smallest absolute Gasteiger partial charge is 0.264 e. The standard InChI is InChI=1S/C21H15ClFN3OS/c1-13-17(22)5-2-6-18(13)24-21-25-20(27)19(28-21)12-16-4-3-11-26(16)15-9-7-14(23)8-10-15/h2-12H,1H3,(H,24,25,27)/b19-12+. The van der Waals surface area contributed by atoms with Crippen LogP contribution in [0.15, 0.2) is 70.7 Å². The van der Waals surface area contributed by atoms with Crippen molar-refractivity contribution in [3.63, 3.8) is 0 Å². The molecule has 1 aromatic heterocycles. The lowest BCUT2D eigenvalue weighted by Crippen LogP contribution is -2.19. The van der Waals surface area contributed by atoms with Crippen LogP contribution < -0.4 is 5.32 Å². The molecule has 0 bridgehead atoms. The molecule has 0 saturated carbocycles. The Kier molecular flexibility index (Phi) is 5.07. The lowest BCUT2D eigenvalue weighted by atomic mass is 10.2. The minimum Gasteiger partial charge on any atom is -0.317 e. The number of hydrogen-bond acceptors (Lipinski definition) is 3. The second-order valence-electron chi connectivity index (χ2n) is 6.15. The van der Waals surface area contributed by atoms with Gasteiger partial charge in [0.25, 0.3) is 5.91 Å². The molecule has 7 heteroatoms. The van der Waals surface area contributed by atoms with Gasteiger partial charge < -0.3 is 9.88 Å². The van der Waals surface area contributed by atoms with Crippen LogP contribution in [0.4, 0.5) is 10.1 Å². The molecular formula is C21H15ClFN3OS. The van der Waals surface area contributed by atoms with Gasteiger partial charge in [-0.25, -0.2) is 9.38 Å². The molecule has 3 aromatic rings. The number of carbonyl (C=O) groups excluding carboxylic acids is 1. The van der Waals surface area contributed by atoms with Crippen LogP contribution in [0.5, 0.6) is 0 Å². The summed E-state index contributed by atoms with van der Waals surface area (Å²) in [4.78, 5) is 17.4. The van der Waals surface area contributed by atoms with Crippen LogP contribution in [0.1, 0.15) is 11.3 Å². The van der Waals surface area contributed by atoms with Crippen molar-refractivity contribution in [1.29, 1.82) is 0 Å². The molecule has 2 heterocycles. The minimum absolute atomic E-state index is 0.213. The Morgan fingerprint density at radius 2 is 1.93 bits per heavy atom. The van der Waals surface area contributed by atoms with Gasteiger partial charge >= 0.3 is 0 Å². The molecule has 1 aliphatic rings. The number of aromatic nitrogens is 1. The van der Waals surface area contributed by atoms with Gasteiger partial charge in [-0.3, -0.25) is 4.79 Å². The molecule has 0 unspecified atom stereocenters. The number of benzene rings is 2. The van der Waals surface area contributed by atoms with Gasteiger partial charge in [0.1, 0.15) is 5.82 Å². The zero-order valence-electron chi connectivity index (χ0n) is 14.8. The van der Waals surface area contributed by atoms with Crippen molar-refractivity contribution in [1.82, 2.24) is 9.88 Å². The minimum atomic E-state index is -0.293. The summed E-state index contributed by atoms with van der Waals surface area (Å²) in [7, 11) is 0. The number of halogens is 2. The fourth-order valence-electron chi connectivity index (χ4n) is 2.79. The summed E-state index contributed by atoms with van der Waals surface area (Å²) in [5.74, 6) is -0.506. The summed E-state index contributed by atoms with van der Waals surface area (Å²) in [5, 5.41) is 3.91. The molecule has 0 spiro atoms. The number of nitrogens with one attached hydrogen (secondary N) is 1. The molecule has 0 radical (unpaired) electrons. The Morgan fingerprint density at radius 3 is 2.71 bits per heavy atom. The lowest BCUT2D eigenvalue weighted by molar-refractivity contribution is -0.115. The molecule has 1 saturated heterocycles. The highest BCUT2D eigenvalue weighted by Gasteiger charge is 2.24. The van der Waals surface area contributed by atoms with Crippen LogP contribution in [0.2, 0.25) is 5.02 Å². The maximum Gasteiger partial charge on any atom is 0.264 e. The number of rotatable bonds is 3. The molecule has 0 aliphatic carbocycles. The first-order chi connectivity index (χ1) is 13.5. The van der Waals surface area contributed by atoms with Crippen molar-refractivity contribution >= 4 is 46.2 Å². The van der Waals surface area contributed by atoms with E-state index in [1.54, 1.807) is 24.3 Å². The zero-order valence-corrected chi connectivity index (χ0v) is 16.4. The number of amidine groups is 1. The molecule has 1 fully saturated rings. The summed E-state index contributed by atoms with van der Waals surface area (Å²) in [6.45, 7) is 1.88. The van der Waals surface area contributed by atoms with Crippen molar-refractivity contribution in [2.24, 2.45) is 4.99 Å².